The Morgan fingerprint density at radius 1 is 1.00 bits per heavy atom. The van der Waals surface area contributed by atoms with Crippen molar-refractivity contribution in [3.05, 3.63) is 58.7 Å². The van der Waals surface area contributed by atoms with Crippen LogP contribution in [0, 0.1) is 19.8 Å². The number of hydrogen-bond donors (Lipinski definition) is 1. The number of anilines is 2. The molecule has 36 heavy (non-hydrogen) atoms. The number of ether oxygens (including phenoxy) is 1. The summed E-state index contributed by atoms with van der Waals surface area (Å²) in [7, 11) is 0. The van der Waals surface area contributed by atoms with E-state index >= 15 is 0 Å². The van der Waals surface area contributed by atoms with Gasteiger partial charge in [-0.25, -0.2) is 4.79 Å². The van der Waals surface area contributed by atoms with Crippen molar-refractivity contribution >= 4 is 23.3 Å². The second-order valence-electron chi connectivity index (χ2n) is 12.7. The monoisotopic (exact) mass is 492 g/mol. The van der Waals surface area contributed by atoms with Gasteiger partial charge in [-0.3, -0.25) is 9.69 Å². The van der Waals surface area contributed by atoms with Crippen LogP contribution in [0.1, 0.15) is 102 Å². The number of amides is 1. The summed E-state index contributed by atoms with van der Waals surface area (Å²) in [4.78, 5) is 26.6. The predicted molar refractivity (Wildman–Crippen MR) is 149 cm³/mol. The molecule has 2 heterocycles. The summed E-state index contributed by atoms with van der Waals surface area (Å²) in [5.74, 6) is 1.36. The zero-order chi connectivity index (χ0) is 27.2. The number of nitrogens with zero attached hydrogens (tertiary/aromatic N) is 1. The SMILES string of the molecule is Cc1cccc2c1N(C(=O)OC(C)(C)C)C(C)(C)CC2=O.Cc1cccc2c1NC(C)(C)C(C)C2C. The molecular formula is C31H44N2O3. The third-order valence-corrected chi connectivity index (χ3v) is 7.67. The van der Waals surface area contributed by atoms with E-state index in [2.05, 4.69) is 58.1 Å². The number of ketones is 1. The first-order valence-corrected chi connectivity index (χ1v) is 13.0. The third-order valence-electron chi connectivity index (χ3n) is 7.67. The molecule has 0 fully saturated rings. The highest BCUT2D eigenvalue weighted by molar-refractivity contribution is 6.09. The van der Waals surface area contributed by atoms with Crippen LogP contribution >= 0.6 is 0 Å². The summed E-state index contributed by atoms with van der Waals surface area (Å²) in [5.41, 5.74) is 5.39. The number of Topliss-reactive ketones (excluding diaryl/α,β-unsaturated/α-hetero) is 1. The minimum atomic E-state index is -0.599. The van der Waals surface area contributed by atoms with Crippen LogP contribution in [0.15, 0.2) is 36.4 Å². The van der Waals surface area contributed by atoms with Crippen molar-refractivity contribution in [3.63, 3.8) is 0 Å². The van der Waals surface area contributed by atoms with E-state index in [0.717, 1.165) is 5.56 Å². The zero-order valence-corrected chi connectivity index (χ0v) is 24.0. The van der Waals surface area contributed by atoms with Gasteiger partial charge in [0, 0.05) is 23.2 Å². The fraction of sp³-hybridized carbons (Fsp3) is 0.548. The van der Waals surface area contributed by atoms with Crippen molar-refractivity contribution in [2.45, 2.75) is 105 Å². The van der Waals surface area contributed by atoms with Gasteiger partial charge in [0.15, 0.2) is 5.78 Å². The van der Waals surface area contributed by atoms with Gasteiger partial charge in [-0.1, -0.05) is 44.2 Å². The number of carbonyl (C=O) groups is 2. The van der Waals surface area contributed by atoms with Gasteiger partial charge in [0.25, 0.3) is 0 Å². The Morgan fingerprint density at radius 3 is 2.19 bits per heavy atom. The van der Waals surface area contributed by atoms with E-state index in [1.54, 1.807) is 11.0 Å². The van der Waals surface area contributed by atoms with Crippen LogP contribution in [-0.2, 0) is 4.74 Å². The Morgan fingerprint density at radius 2 is 1.58 bits per heavy atom. The highest BCUT2D eigenvalue weighted by Crippen LogP contribution is 2.44. The molecule has 0 aromatic heterocycles. The molecule has 0 spiro atoms. The summed E-state index contributed by atoms with van der Waals surface area (Å²) < 4.78 is 5.54. The van der Waals surface area contributed by atoms with E-state index in [9.17, 15) is 9.59 Å². The summed E-state index contributed by atoms with van der Waals surface area (Å²) in [6, 6.07) is 12.1. The van der Waals surface area contributed by atoms with Crippen molar-refractivity contribution in [2.75, 3.05) is 10.2 Å². The molecule has 196 valence electrons. The molecule has 0 saturated heterocycles. The fourth-order valence-corrected chi connectivity index (χ4v) is 5.27. The average Bonchev–Trinajstić information content (AvgIpc) is 2.72. The topological polar surface area (TPSA) is 58.6 Å². The first-order chi connectivity index (χ1) is 16.5. The van der Waals surface area contributed by atoms with Gasteiger partial charge in [-0.2, -0.15) is 0 Å². The quantitative estimate of drug-likeness (QED) is 0.404. The van der Waals surface area contributed by atoms with Gasteiger partial charge in [0.2, 0.25) is 0 Å². The second kappa shape index (κ2) is 9.57. The zero-order valence-electron chi connectivity index (χ0n) is 24.0. The molecule has 2 atom stereocenters. The maximum atomic E-state index is 12.6. The number of carbonyl (C=O) groups excluding carboxylic acids is 2. The molecule has 0 saturated carbocycles. The van der Waals surface area contributed by atoms with E-state index < -0.39 is 17.2 Å². The molecule has 2 aromatic rings. The summed E-state index contributed by atoms with van der Waals surface area (Å²) >= 11 is 0. The highest BCUT2D eigenvalue weighted by atomic mass is 16.6. The number of aryl methyl sites for hydroxylation is 2. The van der Waals surface area contributed by atoms with E-state index in [1.807, 2.05) is 53.7 Å². The molecule has 2 aliphatic rings. The van der Waals surface area contributed by atoms with Crippen molar-refractivity contribution < 1.29 is 14.3 Å². The largest absolute Gasteiger partial charge is 0.443 e. The first-order valence-electron chi connectivity index (χ1n) is 13.0. The molecule has 4 rings (SSSR count). The van der Waals surface area contributed by atoms with Crippen molar-refractivity contribution in [2.24, 2.45) is 5.92 Å². The second-order valence-corrected chi connectivity index (χ2v) is 12.7. The van der Waals surface area contributed by atoms with Crippen LogP contribution < -0.4 is 10.2 Å². The maximum Gasteiger partial charge on any atom is 0.415 e. The Bertz CT molecular complexity index is 1160. The molecule has 2 aliphatic heterocycles. The average molecular weight is 493 g/mol. The van der Waals surface area contributed by atoms with Gasteiger partial charge in [-0.15, -0.1) is 0 Å². The van der Waals surface area contributed by atoms with Crippen molar-refractivity contribution in [3.8, 4) is 0 Å². The normalized spacial score (nSPS) is 21.9. The van der Waals surface area contributed by atoms with Crippen LogP contribution in [-0.4, -0.2) is 28.6 Å². The number of rotatable bonds is 0. The Kier molecular flexibility index (Phi) is 7.38. The molecule has 5 nitrogen and oxygen atoms in total. The van der Waals surface area contributed by atoms with Crippen LogP contribution in [0.2, 0.25) is 0 Å². The van der Waals surface area contributed by atoms with Gasteiger partial charge in [-0.05, 0) is 96.9 Å². The molecule has 0 bridgehead atoms. The number of nitrogens with one attached hydrogen (secondary N) is 1. The molecule has 0 aliphatic carbocycles. The lowest BCUT2D eigenvalue weighted by molar-refractivity contribution is 0.0536. The van der Waals surface area contributed by atoms with Crippen LogP contribution in [0.25, 0.3) is 0 Å². The predicted octanol–water partition coefficient (Wildman–Crippen LogP) is 8.04. The van der Waals surface area contributed by atoms with Gasteiger partial charge < -0.3 is 10.1 Å². The van der Waals surface area contributed by atoms with E-state index in [4.69, 9.17) is 4.74 Å². The van der Waals surface area contributed by atoms with E-state index in [1.165, 1.54) is 16.8 Å². The number of para-hydroxylation sites is 2. The fourth-order valence-electron chi connectivity index (χ4n) is 5.27. The molecule has 0 radical (unpaired) electrons. The third kappa shape index (κ3) is 5.45. The van der Waals surface area contributed by atoms with Crippen molar-refractivity contribution in [1.29, 1.82) is 0 Å². The molecule has 1 N–H and O–H groups in total. The van der Waals surface area contributed by atoms with Gasteiger partial charge in [0.05, 0.1) is 11.2 Å². The lowest BCUT2D eigenvalue weighted by Crippen LogP contribution is -2.54. The number of fused-ring (bicyclic) bond motifs is 2. The smallest absolute Gasteiger partial charge is 0.415 e. The molecule has 2 aromatic carbocycles. The Balaban J connectivity index is 0.000000212. The van der Waals surface area contributed by atoms with E-state index in [-0.39, 0.29) is 11.3 Å². The first kappa shape index (κ1) is 27.8. The lowest BCUT2D eigenvalue weighted by atomic mass is 9.72. The van der Waals surface area contributed by atoms with Crippen LogP contribution in [0.5, 0.6) is 0 Å². The van der Waals surface area contributed by atoms with Crippen LogP contribution in [0.4, 0.5) is 16.2 Å². The molecule has 1 amide bonds. The Hall–Kier alpha value is -2.82. The maximum absolute atomic E-state index is 12.6. The molecular weight excluding hydrogens is 448 g/mol. The van der Waals surface area contributed by atoms with Crippen molar-refractivity contribution in [1.82, 2.24) is 0 Å². The summed E-state index contributed by atoms with van der Waals surface area (Å²) in [6.07, 6.45) is -0.113. The van der Waals surface area contributed by atoms with Gasteiger partial charge >= 0.3 is 6.09 Å². The van der Waals surface area contributed by atoms with E-state index in [0.29, 0.717) is 29.5 Å². The summed E-state index contributed by atoms with van der Waals surface area (Å²) in [6.45, 7) is 22.7. The minimum absolute atomic E-state index is 0.0681. The lowest BCUT2D eigenvalue weighted by Gasteiger charge is -2.44. The molecule has 2 unspecified atom stereocenters. The number of hydrogen-bond acceptors (Lipinski definition) is 4. The Labute approximate surface area is 217 Å². The molecule has 5 heteroatoms. The minimum Gasteiger partial charge on any atom is -0.443 e. The van der Waals surface area contributed by atoms with Gasteiger partial charge in [0.1, 0.15) is 5.60 Å². The number of benzene rings is 2. The van der Waals surface area contributed by atoms with Crippen LogP contribution in [0.3, 0.4) is 0 Å². The highest BCUT2D eigenvalue weighted by Gasteiger charge is 2.43. The standard InChI is InChI=1S/C17H23NO3.C14H21N/c1-11-8-7-9-12-13(19)10-17(5,6)18(14(11)12)15(20)21-16(2,3)4;1-9-7-6-8-12-10(2)11(3)14(4,5)15-13(9)12/h7-9H,10H2,1-6H3;6-8,10-11,15H,1-5H3. The summed E-state index contributed by atoms with van der Waals surface area (Å²) in [5, 5.41) is 3.68.